The van der Waals surface area contributed by atoms with Gasteiger partial charge in [-0.15, -0.1) is 0 Å². The molecule has 116 valence electrons. The van der Waals surface area contributed by atoms with Crippen molar-refractivity contribution in [3.63, 3.8) is 0 Å². The molecule has 0 heterocycles. The van der Waals surface area contributed by atoms with Crippen molar-refractivity contribution in [1.82, 2.24) is 0 Å². The molecule has 3 rings (SSSR count). The van der Waals surface area contributed by atoms with E-state index in [1.54, 1.807) is 0 Å². The normalized spacial score (nSPS) is 22.0. The van der Waals surface area contributed by atoms with Crippen molar-refractivity contribution in [2.45, 2.75) is 77.7 Å². The van der Waals surface area contributed by atoms with E-state index in [2.05, 4.69) is 52.8 Å². The quantitative estimate of drug-likeness (QED) is 0.655. The van der Waals surface area contributed by atoms with Crippen molar-refractivity contribution < 1.29 is 4.74 Å². The second kappa shape index (κ2) is 5.34. The van der Waals surface area contributed by atoms with Gasteiger partial charge in [-0.25, -0.2) is 0 Å². The van der Waals surface area contributed by atoms with Crippen LogP contribution in [0.4, 0.5) is 0 Å². The number of rotatable bonds is 5. The van der Waals surface area contributed by atoms with Crippen LogP contribution < -0.4 is 4.74 Å². The highest BCUT2D eigenvalue weighted by Crippen LogP contribution is 2.50. The van der Waals surface area contributed by atoms with Gasteiger partial charge in [-0.3, -0.25) is 0 Å². The Bertz CT molecular complexity index is 467. The van der Waals surface area contributed by atoms with E-state index >= 15 is 0 Å². The maximum Gasteiger partial charge on any atom is 0.127 e. The Balaban J connectivity index is 1.99. The molecule has 2 atom stereocenters. The van der Waals surface area contributed by atoms with Crippen molar-refractivity contribution in [1.29, 1.82) is 0 Å². The maximum atomic E-state index is 6.46. The van der Waals surface area contributed by atoms with Gasteiger partial charge in [0.25, 0.3) is 0 Å². The topological polar surface area (TPSA) is 9.23 Å². The molecule has 0 amide bonds. The first-order valence-electron chi connectivity index (χ1n) is 8.68. The molecular weight excluding hydrogens is 256 g/mol. The summed E-state index contributed by atoms with van der Waals surface area (Å²) in [4.78, 5) is 0. The lowest BCUT2D eigenvalue weighted by Gasteiger charge is -2.29. The SMILES string of the molecule is C[C@H](c1cccc([C@@H](C)C2CC2)c1OC(C)(C)C)C1CC1. The van der Waals surface area contributed by atoms with Crippen LogP contribution in [0.5, 0.6) is 5.75 Å². The Kier molecular flexibility index (Phi) is 3.80. The summed E-state index contributed by atoms with van der Waals surface area (Å²) in [5, 5.41) is 0. The smallest absolute Gasteiger partial charge is 0.127 e. The molecular formula is C20H30O. The zero-order valence-electron chi connectivity index (χ0n) is 14.3. The molecule has 1 aromatic carbocycles. The summed E-state index contributed by atoms with van der Waals surface area (Å²) in [7, 11) is 0. The number of para-hydroxylation sites is 1. The van der Waals surface area contributed by atoms with Gasteiger partial charge in [-0.2, -0.15) is 0 Å². The van der Waals surface area contributed by atoms with Gasteiger partial charge in [0, 0.05) is 0 Å². The molecule has 2 fully saturated rings. The van der Waals surface area contributed by atoms with Crippen molar-refractivity contribution in [2.24, 2.45) is 11.8 Å². The molecule has 0 bridgehead atoms. The lowest BCUT2D eigenvalue weighted by atomic mass is 9.88. The molecule has 0 saturated heterocycles. The summed E-state index contributed by atoms with van der Waals surface area (Å²) >= 11 is 0. The van der Waals surface area contributed by atoms with Crippen LogP contribution in [0.2, 0.25) is 0 Å². The summed E-state index contributed by atoms with van der Waals surface area (Å²) < 4.78 is 6.46. The molecule has 0 spiro atoms. The Labute approximate surface area is 130 Å². The number of benzene rings is 1. The van der Waals surface area contributed by atoms with E-state index in [0.29, 0.717) is 11.8 Å². The van der Waals surface area contributed by atoms with Crippen molar-refractivity contribution >= 4 is 0 Å². The molecule has 1 nitrogen and oxygen atoms in total. The van der Waals surface area contributed by atoms with Crippen LogP contribution in [0.1, 0.15) is 83.3 Å². The van der Waals surface area contributed by atoms with Gasteiger partial charge in [0.15, 0.2) is 0 Å². The second-order valence-electron chi connectivity index (χ2n) is 8.23. The van der Waals surface area contributed by atoms with E-state index in [1.165, 1.54) is 42.6 Å². The summed E-state index contributed by atoms with van der Waals surface area (Å²) in [6.07, 6.45) is 5.55. The third-order valence-electron chi connectivity index (χ3n) is 5.12. The summed E-state index contributed by atoms with van der Waals surface area (Å²) in [5.41, 5.74) is 2.76. The van der Waals surface area contributed by atoms with Gasteiger partial charge in [0.1, 0.15) is 11.4 Å². The molecule has 2 aliphatic carbocycles. The third-order valence-corrected chi connectivity index (χ3v) is 5.12. The highest BCUT2D eigenvalue weighted by atomic mass is 16.5. The maximum absolute atomic E-state index is 6.46. The van der Waals surface area contributed by atoms with Gasteiger partial charge < -0.3 is 4.74 Å². The van der Waals surface area contributed by atoms with Crippen LogP contribution in [-0.2, 0) is 0 Å². The molecule has 2 saturated carbocycles. The molecule has 0 radical (unpaired) electrons. The van der Waals surface area contributed by atoms with E-state index in [-0.39, 0.29) is 5.60 Å². The summed E-state index contributed by atoms with van der Waals surface area (Å²) in [6, 6.07) is 6.85. The predicted molar refractivity (Wildman–Crippen MR) is 89.1 cm³/mol. The Hall–Kier alpha value is -0.980. The highest BCUT2D eigenvalue weighted by Gasteiger charge is 2.35. The molecule has 2 aliphatic rings. The van der Waals surface area contributed by atoms with Crippen LogP contribution in [0, 0.1) is 11.8 Å². The number of hydrogen-bond acceptors (Lipinski definition) is 1. The van der Waals surface area contributed by atoms with Gasteiger partial charge in [-0.1, -0.05) is 32.0 Å². The van der Waals surface area contributed by atoms with Crippen molar-refractivity contribution in [2.75, 3.05) is 0 Å². The lowest BCUT2D eigenvalue weighted by molar-refractivity contribution is 0.126. The largest absolute Gasteiger partial charge is 0.488 e. The Morgan fingerprint density at radius 3 is 1.67 bits per heavy atom. The molecule has 1 aromatic rings. The van der Waals surface area contributed by atoms with Gasteiger partial charge in [0.2, 0.25) is 0 Å². The van der Waals surface area contributed by atoms with Crippen molar-refractivity contribution in [3.05, 3.63) is 29.3 Å². The molecule has 1 heteroatoms. The van der Waals surface area contributed by atoms with E-state index in [4.69, 9.17) is 4.74 Å². The van der Waals surface area contributed by atoms with Crippen LogP contribution in [0.15, 0.2) is 18.2 Å². The first-order chi connectivity index (χ1) is 9.87. The van der Waals surface area contributed by atoms with E-state index in [1.807, 2.05) is 0 Å². The minimum atomic E-state index is -0.128. The fourth-order valence-electron chi connectivity index (χ4n) is 3.41. The van der Waals surface area contributed by atoms with E-state index in [0.717, 1.165) is 11.8 Å². The Morgan fingerprint density at radius 1 is 0.905 bits per heavy atom. The highest BCUT2D eigenvalue weighted by molar-refractivity contribution is 5.46. The molecule has 0 aliphatic heterocycles. The minimum absolute atomic E-state index is 0.128. The summed E-state index contributed by atoms with van der Waals surface area (Å²) in [6.45, 7) is 11.3. The predicted octanol–water partition coefficient (Wildman–Crippen LogP) is 5.89. The van der Waals surface area contributed by atoms with Crippen LogP contribution in [0.25, 0.3) is 0 Å². The first-order valence-corrected chi connectivity index (χ1v) is 8.68. The molecule has 0 aromatic heterocycles. The second-order valence-corrected chi connectivity index (χ2v) is 8.23. The monoisotopic (exact) mass is 286 g/mol. The number of hydrogen-bond donors (Lipinski definition) is 0. The van der Waals surface area contributed by atoms with Crippen molar-refractivity contribution in [3.8, 4) is 5.75 Å². The number of ether oxygens (including phenoxy) is 1. The summed E-state index contributed by atoms with van der Waals surface area (Å²) in [5.74, 6) is 4.21. The van der Waals surface area contributed by atoms with Crippen LogP contribution in [-0.4, -0.2) is 5.60 Å². The molecule has 0 N–H and O–H groups in total. The third kappa shape index (κ3) is 3.44. The van der Waals surface area contributed by atoms with Gasteiger partial charge >= 0.3 is 0 Å². The Morgan fingerprint density at radius 2 is 1.33 bits per heavy atom. The van der Waals surface area contributed by atoms with Crippen LogP contribution >= 0.6 is 0 Å². The molecule has 0 unspecified atom stereocenters. The molecule has 21 heavy (non-hydrogen) atoms. The standard InChI is InChI=1S/C20H30O/c1-13(15-9-10-15)17-7-6-8-18(14(2)16-11-12-16)19(17)21-20(3,4)5/h6-8,13-16H,9-12H2,1-5H3/t13-,14-/m0/s1. The van der Waals surface area contributed by atoms with Crippen LogP contribution in [0.3, 0.4) is 0 Å². The van der Waals surface area contributed by atoms with Gasteiger partial charge in [0.05, 0.1) is 0 Å². The average Bonchev–Trinajstić information content (AvgIpc) is 3.28. The zero-order chi connectivity index (χ0) is 15.2. The zero-order valence-corrected chi connectivity index (χ0v) is 14.3. The lowest BCUT2D eigenvalue weighted by Crippen LogP contribution is -2.25. The average molecular weight is 286 g/mol. The van der Waals surface area contributed by atoms with E-state index < -0.39 is 0 Å². The fourth-order valence-corrected chi connectivity index (χ4v) is 3.41. The fraction of sp³-hybridized carbons (Fsp3) is 0.700. The van der Waals surface area contributed by atoms with E-state index in [9.17, 15) is 0 Å². The first kappa shape index (κ1) is 14.9. The van der Waals surface area contributed by atoms with Gasteiger partial charge in [-0.05, 0) is 81.3 Å². The minimum Gasteiger partial charge on any atom is -0.488 e.